The Morgan fingerprint density at radius 3 is 2.51 bits per heavy atom. The monoisotopic (exact) mass is 611 g/mol. The molecule has 7 nitrogen and oxygen atoms in total. The Hall–Kier alpha value is -4.06. The first-order valence-corrected chi connectivity index (χ1v) is 12.4. The first kappa shape index (κ1) is 24.6. The van der Waals surface area contributed by atoms with Gasteiger partial charge in [0.05, 0.1) is 14.5 Å². The Morgan fingerprint density at radius 1 is 1.03 bits per heavy atom. The molecule has 2 aromatic carbocycles. The number of rotatable bonds is 6. The molecule has 0 atom stereocenters. The summed E-state index contributed by atoms with van der Waals surface area (Å²) in [5, 5.41) is 3.41. The van der Waals surface area contributed by atoms with Crippen LogP contribution in [0.25, 0.3) is 22.0 Å². The van der Waals surface area contributed by atoms with E-state index in [0.717, 1.165) is 0 Å². The molecular weight excluding hydrogens is 591 g/mol. The lowest BCUT2D eigenvalue weighted by Crippen LogP contribution is -2.14. The predicted octanol–water partition coefficient (Wildman–Crippen LogP) is 6.48. The molecule has 3 N–H and O–H groups in total. The van der Waals surface area contributed by atoms with E-state index in [1.54, 1.807) is 42.7 Å². The average molecular weight is 611 g/mol. The number of ether oxygens (including phenoxy) is 1. The molecule has 0 unspecified atom stereocenters. The zero-order valence-corrected chi connectivity index (χ0v) is 21.7. The Bertz CT molecular complexity index is 1690. The molecule has 0 aliphatic carbocycles. The van der Waals surface area contributed by atoms with Crippen LogP contribution in [0.5, 0.6) is 11.5 Å². The minimum atomic E-state index is -0.616. The number of nitrogens with one attached hydrogen (secondary N) is 1. The zero-order valence-electron chi connectivity index (χ0n) is 19.5. The van der Waals surface area contributed by atoms with Gasteiger partial charge in [-0.1, -0.05) is 12.1 Å². The number of anilines is 3. The number of aryl methyl sites for hydroxylation is 1. The lowest BCUT2D eigenvalue weighted by Gasteiger charge is -2.15. The summed E-state index contributed by atoms with van der Waals surface area (Å²) < 4.78 is 36.6. The summed E-state index contributed by atoms with van der Waals surface area (Å²) in [6, 6.07) is 13.5. The molecular formula is C27H20F2IN5O2. The molecule has 0 bridgehead atoms. The highest BCUT2D eigenvalue weighted by atomic mass is 127. The lowest BCUT2D eigenvalue weighted by molar-refractivity contribution is 0.440. The highest BCUT2D eigenvalue weighted by Crippen LogP contribution is 2.33. The third-order valence-electron chi connectivity index (χ3n) is 5.79. The lowest BCUT2D eigenvalue weighted by atomic mass is 10.0. The molecule has 0 saturated carbocycles. The van der Waals surface area contributed by atoms with Crippen molar-refractivity contribution in [3.63, 3.8) is 0 Å². The van der Waals surface area contributed by atoms with Gasteiger partial charge in [-0.15, -0.1) is 0 Å². The number of nitrogens with zero attached hydrogens (tertiary/aromatic N) is 3. The normalized spacial score (nSPS) is 11.0. The van der Waals surface area contributed by atoms with E-state index in [9.17, 15) is 13.6 Å². The fourth-order valence-electron chi connectivity index (χ4n) is 3.96. The van der Waals surface area contributed by atoms with E-state index in [-0.39, 0.29) is 28.6 Å². The Morgan fingerprint density at radius 2 is 1.78 bits per heavy atom. The van der Waals surface area contributed by atoms with Crippen molar-refractivity contribution >= 4 is 50.8 Å². The molecule has 0 aliphatic heterocycles. The predicted molar refractivity (Wildman–Crippen MR) is 148 cm³/mol. The number of hydrogen-bond acceptors (Lipinski definition) is 6. The second kappa shape index (κ2) is 10.1. The molecule has 5 aromatic rings. The van der Waals surface area contributed by atoms with Crippen molar-refractivity contribution in [3.05, 3.63) is 98.6 Å². The largest absolute Gasteiger partial charge is 0.453 e. The Kier molecular flexibility index (Phi) is 6.74. The first-order valence-electron chi connectivity index (χ1n) is 11.3. The topological polar surface area (TPSA) is 95.1 Å². The van der Waals surface area contributed by atoms with Gasteiger partial charge in [0.2, 0.25) is 5.43 Å². The van der Waals surface area contributed by atoms with Gasteiger partial charge in [-0.05, 0) is 65.4 Å². The zero-order chi connectivity index (χ0) is 26.1. The van der Waals surface area contributed by atoms with Crippen LogP contribution in [0.4, 0.5) is 26.1 Å². The number of halogens is 3. The number of nitrogen functional groups attached to an aromatic ring is 1. The standard InChI is InChI=1S/C27H20F2IN5O2/c1-2-35-14-18(15-3-5-16(28)6-4-15)25(36)23-20(35)9-11-33-27(23)34-17-7-8-21(19(29)13-17)37-22-10-12-32-26(31)24(22)30/h3-14H,2H2,1H3,(H2,31,32)(H,33,34). The van der Waals surface area contributed by atoms with Crippen molar-refractivity contribution in [1.29, 1.82) is 0 Å². The number of nitrogens with two attached hydrogens (primary N) is 1. The van der Waals surface area contributed by atoms with E-state index in [0.29, 0.717) is 43.6 Å². The van der Waals surface area contributed by atoms with Crippen LogP contribution in [-0.4, -0.2) is 14.5 Å². The smallest absolute Gasteiger partial charge is 0.200 e. The van der Waals surface area contributed by atoms with Crippen molar-refractivity contribution < 1.29 is 13.5 Å². The van der Waals surface area contributed by atoms with Crippen LogP contribution < -0.4 is 21.2 Å². The number of fused-ring (bicyclic) bond motifs is 1. The van der Waals surface area contributed by atoms with E-state index in [4.69, 9.17) is 10.5 Å². The molecule has 0 radical (unpaired) electrons. The summed E-state index contributed by atoms with van der Waals surface area (Å²) in [7, 11) is 0. The quantitative estimate of drug-likeness (QED) is 0.214. The van der Waals surface area contributed by atoms with Crippen LogP contribution in [-0.2, 0) is 6.54 Å². The maximum Gasteiger partial charge on any atom is 0.200 e. The minimum Gasteiger partial charge on any atom is -0.453 e. The summed E-state index contributed by atoms with van der Waals surface area (Å²) in [4.78, 5) is 21.9. The summed E-state index contributed by atoms with van der Waals surface area (Å²) >= 11 is 1.98. The molecule has 0 fully saturated rings. The van der Waals surface area contributed by atoms with Gasteiger partial charge < -0.3 is 20.4 Å². The van der Waals surface area contributed by atoms with Crippen LogP contribution in [0.1, 0.15) is 6.92 Å². The van der Waals surface area contributed by atoms with Gasteiger partial charge in [0.1, 0.15) is 23.2 Å². The molecule has 0 spiro atoms. The van der Waals surface area contributed by atoms with Crippen LogP contribution in [0.2, 0.25) is 0 Å². The third-order valence-corrected chi connectivity index (χ3v) is 6.87. The fraction of sp³-hybridized carbons (Fsp3) is 0.0741. The molecule has 0 saturated heterocycles. The van der Waals surface area contributed by atoms with E-state index in [2.05, 4.69) is 15.3 Å². The second-order valence-electron chi connectivity index (χ2n) is 8.10. The van der Waals surface area contributed by atoms with Crippen LogP contribution in [0.15, 0.2) is 78.0 Å². The Labute approximate surface area is 224 Å². The fourth-order valence-corrected chi connectivity index (χ4v) is 4.39. The molecule has 186 valence electrons. The number of benzene rings is 2. The average Bonchev–Trinajstić information content (AvgIpc) is 2.89. The van der Waals surface area contributed by atoms with Crippen molar-refractivity contribution in [2.75, 3.05) is 11.1 Å². The molecule has 3 aromatic heterocycles. The Balaban J connectivity index is 1.54. The minimum absolute atomic E-state index is 0.00637. The number of pyridine rings is 3. The van der Waals surface area contributed by atoms with Crippen LogP contribution in [0, 0.1) is 15.2 Å². The van der Waals surface area contributed by atoms with Gasteiger partial charge in [-0.3, -0.25) is 4.79 Å². The summed E-state index contributed by atoms with van der Waals surface area (Å²) in [6.45, 7) is 2.55. The van der Waals surface area contributed by atoms with Gasteiger partial charge in [-0.2, -0.15) is 0 Å². The van der Waals surface area contributed by atoms with Gasteiger partial charge in [-0.25, -0.2) is 18.7 Å². The van der Waals surface area contributed by atoms with Gasteiger partial charge >= 0.3 is 0 Å². The highest BCUT2D eigenvalue weighted by Gasteiger charge is 2.16. The molecule has 0 aliphatic rings. The molecule has 10 heteroatoms. The van der Waals surface area contributed by atoms with Crippen molar-refractivity contribution in [2.45, 2.75) is 13.5 Å². The van der Waals surface area contributed by atoms with Gasteiger partial charge in [0.15, 0.2) is 11.6 Å². The van der Waals surface area contributed by atoms with Crippen LogP contribution in [0.3, 0.4) is 0 Å². The summed E-state index contributed by atoms with van der Waals surface area (Å²) in [5.74, 6) is -0.0474. The highest BCUT2D eigenvalue weighted by molar-refractivity contribution is 14.1. The number of aromatic nitrogens is 3. The molecule has 37 heavy (non-hydrogen) atoms. The van der Waals surface area contributed by atoms with E-state index in [1.807, 2.05) is 34.1 Å². The van der Waals surface area contributed by atoms with Crippen molar-refractivity contribution in [1.82, 2.24) is 14.5 Å². The molecule has 5 rings (SSSR count). The van der Waals surface area contributed by atoms with E-state index >= 15 is 0 Å². The first-order chi connectivity index (χ1) is 17.9. The summed E-state index contributed by atoms with van der Waals surface area (Å²) in [5.41, 5.74) is 7.57. The second-order valence-corrected chi connectivity index (χ2v) is 9.18. The maximum atomic E-state index is 15.0. The van der Waals surface area contributed by atoms with E-state index in [1.165, 1.54) is 30.5 Å². The van der Waals surface area contributed by atoms with Gasteiger partial charge in [0, 0.05) is 48.5 Å². The van der Waals surface area contributed by atoms with Crippen molar-refractivity contribution in [2.24, 2.45) is 0 Å². The van der Waals surface area contributed by atoms with Gasteiger partial charge in [0.25, 0.3) is 0 Å². The van der Waals surface area contributed by atoms with E-state index < -0.39 is 5.82 Å². The van der Waals surface area contributed by atoms with Crippen molar-refractivity contribution in [3.8, 4) is 22.6 Å². The third kappa shape index (κ3) is 4.84. The maximum absolute atomic E-state index is 15.0. The molecule has 0 amide bonds. The summed E-state index contributed by atoms with van der Waals surface area (Å²) in [6.07, 6.45) is 4.81. The molecule has 3 heterocycles. The van der Waals surface area contributed by atoms with Crippen LogP contribution >= 0.6 is 22.6 Å². The SMILES string of the molecule is CCn1cc(-c2ccc(F)cc2)c(=O)c2c(Nc3ccc(Oc4ccnc(N)c4I)c(F)c3)nccc21. The number of hydrogen-bond donors (Lipinski definition) is 2.